The summed E-state index contributed by atoms with van der Waals surface area (Å²) in [5.41, 5.74) is 1.76. The highest BCUT2D eigenvalue weighted by Gasteiger charge is 2.14. The summed E-state index contributed by atoms with van der Waals surface area (Å²) < 4.78 is 0. The maximum absolute atomic E-state index is 12.1. The van der Waals surface area contributed by atoms with E-state index in [0.29, 0.717) is 12.2 Å². The molecule has 0 aliphatic carbocycles. The summed E-state index contributed by atoms with van der Waals surface area (Å²) >= 11 is 1.63. The lowest BCUT2D eigenvalue weighted by atomic mass is 10.2. The average Bonchev–Trinajstić information content (AvgIpc) is 2.65. The van der Waals surface area contributed by atoms with E-state index >= 15 is 0 Å². The molecule has 2 rings (SSSR count). The Balaban J connectivity index is 1.85. The number of amides is 3. The predicted molar refractivity (Wildman–Crippen MR) is 105 cm³/mol. The van der Waals surface area contributed by atoms with Crippen molar-refractivity contribution in [3.05, 3.63) is 54.2 Å². The Bertz CT molecular complexity index is 724. The molecular weight excluding hydrogens is 348 g/mol. The van der Waals surface area contributed by atoms with Crippen LogP contribution in [-0.2, 0) is 10.5 Å². The van der Waals surface area contributed by atoms with E-state index in [1.807, 2.05) is 49.4 Å². The lowest BCUT2D eigenvalue weighted by Crippen LogP contribution is -2.46. The topological polar surface area (TPSA) is 83.1 Å². The number of carbonyl (C=O) groups is 2. The van der Waals surface area contributed by atoms with Crippen molar-refractivity contribution < 1.29 is 9.59 Å². The van der Waals surface area contributed by atoms with Gasteiger partial charge in [0.1, 0.15) is 6.04 Å². The van der Waals surface area contributed by atoms with Crippen LogP contribution in [0.25, 0.3) is 0 Å². The maximum atomic E-state index is 12.1. The van der Waals surface area contributed by atoms with E-state index in [-0.39, 0.29) is 5.91 Å². The second kappa shape index (κ2) is 10.5. The van der Waals surface area contributed by atoms with E-state index in [2.05, 4.69) is 20.9 Å². The molecule has 0 bridgehead atoms. The van der Waals surface area contributed by atoms with Gasteiger partial charge in [-0.3, -0.25) is 4.79 Å². The third-order valence-corrected chi connectivity index (χ3v) is 4.51. The Morgan fingerprint density at radius 2 is 2.04 bits per heavy atom. The van der Waals surface area contributed by atoms with Crippen molar-refractivity contribution in [1.29, 1.82) is 0 Å². The van der Waals surface area contributed by atoms with Crippen LogP contribution in [0.4, 0.5) is 10.5 Å². The number of benzene rings is 1. The van der Waals surface area contributed by atoms with Gasteiger partial charge >= 0.3 is 6.03 Å². The number of rotatable bonds is 8. The molecule has 0 radical (unpaired) electrons. The van der Waals surface area contributed by atoms with E-state index in [0.717, 1.165) is 22.8 Å². The minimum atomic E-state index is -0.593. The SMILES string of the molecule is CCCNC(=O)[C@@H](C)NC(=O)Nc1cccc(CSc2ccccn2)c1. The number of nitrogens with one attached hydrogen (secondary N) is 3. The molecule has 7 heteroatoms. The molecule has 0 fully saturated rings. The fourth-order valence-electron chi connectivity index (χ4n) is 2.16. The average molecular weight is 372 g/mol. The Kier molecular flexibility index (Phi) is 7.95. The molecule has 0 unspecified atom stereocenters. The summed E-state index contributed by atoms with van der Waals surface area (Å²) in [6.45, 7) is 4.23. The smallest absolute Gasteiger partial charge is 0.319 e. The van der Waals surface area contributed by atoms with Crippen molar-refractivity contribution in [1.82, 2.24) is 15.6 Å². The molecule has 3 N–H and O–H groups in total. The van der Waals surface area contributed by atoms with Crippen LogP contribution in [0.1, 0.15) is 25.8 Å². The fraction of sp³-hybridized carbons (Fsp3) is 0.316. The number of pyridine rings is 1. The molecular formula is C19H24N4O2S. The van der Waals surface area contributed by atoms with Crippen LogP contribution < -0.4 is 16.0 Å². The molecule has 1 aromatic heterocycles. The van der Waals surface area contributed by atoms with Crippen molar-refractivity contribution in [2.24, 2.45) is 0 Å². The highest BCUT2D eigenvalue weighted by Crippen LogP contribution is 2.22. The zero-order chi connectivity index (χ0) is 18.8. The normalized spacial score (nSPS) is 11.5. The zero-order valence-corrected chi connectivity index (χ0v) is 15.8. The Morgan fingerprint density at radius 3 is 2.77 bits per heavy atom. The van der Waals surface area contributed by atoms with Crippen LogP contribution in [0.5, 0.6) is 0 Å². The van der Waals surface area contributed by atoms with Crippen molar-refractivity contribution in [2.45, 2.75) is 37.1 Å². The van der Waals surface area contributed by atoms with Gasteiger partial charge in [-0.1, -0.05) is 25.1 Å². The number of carbonyl (C=O) groups excluding carboxylic acids is 2. The number of urea groups is 1. The van der Waals surface area contributed by atoms with Gasteiger partial charge in [-0.15, -0.1) is 11.8 Å². The molecule has 1 atom stereocenters. The minimum Gasteiger partial charge on any atom is -0.354 e. The molecule has 0 aliphatic heterocycles. The first kappa shape index (κ1) is 19.8. The van der Waals surface area contributed by atoms with E-state index in [4.69, 9.17) is 0 Å². The minimum absolute atomic E-state index is 0.192. The molecule has 3 amide bonds. The van der Waals surface area contributed by atoms with Crippen molar-refractivity contribution in [3.8, 4) is 0 Å². The third kappa shape index (κ3) is 6.76. The Hall–Kier alpha value is -2.54. The Morgan fingerprint density at radius 1 is 1.19 bits per heavy atom. The molecule has 138 valence electrons. The van der Waals surface area contributed by atoms with E-state index in [1.54, 1.807) is 24.9 Å². The van der Waals surface area contributed by atoms with Gasteiger partial charge < -0.3 is 16.0 Å². The summed E-state index contributed by atoms with van der Waals surface area (Å²) in [6, 6.07) is 12.4. The monoisotopic (exact) mass is 372 g/mol. The lowest BCUT2D eigenvalue weighted by Gasteiger charge is -2.14. The largest absolute Gasteiger partial charge is 0.354 e. The predicted octanol–water partition coefficient (Wildman–Crippen LogP) is 3.41. The van der Waals surface area contributed by atoms with Crippen molar-refractivity contribution in [2.75, 3.05) is 11.9 Å². The first-order valence-corrected chi connectivity index (χ1v) is 9.55. The summed E-state index contributed by atoms with van der Waals surface area (Å²) in [6.07, 6.45) is 2.62. The van der Waals surface area contributed by atoms with Crippen LogP contribution in [0.3, 0.4) is 0 Å². The van der Waals surface area contributed by atoms with Crippen LogP contribution in [0.15, 0.2) is 53.7 Å². The molecule has 2 aromatic rings. The summed E-state index contributed by atoms with van der Waals surface area (Å²) in [7, 11) is 0. The highest BCUT2D eigenvalue weighted by atomic mass is 32.2. The Labute approximate surface area is 158 Å². The van der Waals surface area contributed by atoms with Crippen LogP contribution in [-0.4, -0.2) is 29.5 Å². The summed E-state index contributed by atoms with van der Waals surface area (Å²) in [4.78, 5) is 28.2. The van der Waals surface area contributed by atoms with Gasteiger partial charge in [-0.2, -0.15) is 0 Å². The number of hydrogen-bond acceptors (Lipinski definition) is 4. The molecule has 0 spiro atoms. The molecule has 1 heterocycles. The van der Waals surface area contributed by atoms with Crippen LogP contribution >= 0.6 is 11.8 Å². The van der Waals surface area contributed by atoms with E-state index < -0.39 is 12.1 Å². The highest BCUT2D eigenvalue weighted by molar-refractivity contribution is 7.98. The van der Waals surface area contributed by atoms with E-state index in [1.165, 1.54) is 0 Å². The fourth-order valence-corrected chi connectivity index (χ4v) is 2.96. The summed E-state index contributed by atoms with van der Waals surface area (Å²) in [5.74, 6) is 0.562. The summed E-state index contributed by atoms with van der Waals surface area (Å²) in [5, 5.41) is 9.11. The zero-order valence-electron chi connectivity index (χ0n) is 15.0. The number of nitrogens with zero attached hydrogens (tertiary/aromatic N) is 1. The van der Waals surface area contributed by atoms with Crippen molar-refractivity contribution in [3.63, 3.8) is 0 Å². The molecule has 0 saturated carbocycles. The number of anilines is 1. The number of thioether (sulfide) groups is 1. The van der Waals surface area contributed by atoms with Gasteiger partial charge in [0.05, 0.1) is 5.03 Å². The maximum Gasteiger partial charge on any atom is 0.319 e. The number of hydrogen-bond donors (Lipinski definition) is 3. The number of aromatic nitrogens is 1. The second-order valence-corrected chi connectivity index (χ2v) is 6.76. The molecule has 6 nitrogen and oxygen atoms in total. The second-order valence-electron chi connectivity index (χ2n) is 5.77. The van der Waals surface area contributed by atoms with Crippen LogP contribution in [0, 0.1) is 0 Å². The van der Waals surface area contributed by atoms with Gasteiger partial charge in [0.25, 0.3) is 0 Å². The molecule has 0 aliphatic rings. The van der Waals surface area contributed by atoms with Gasteiger partial charge in [0.15, 0.2) is 0 Å². The third-order valence-electron chi connectivity index (χ3n) is 3.50. The van der Waals surface area contributed by atoms with Gasteiger partial charge in [-0.25, -0.2) is 9.78 Å². The first-order chi connectivity index (χ1) is 12.6. The molecule has 26 heavy (non-hydrogen) atoms. The van der Waals surface area contributed by atoms with Gasteiger partial charge in [-0.05, 0) is 43.2 Å². The standard InChI is InChI=1S/C19H24N4O2S/c1-3-10-21-18(24)14(2)22-19(25)23-16-8-6-7-15(12-16)13-26-17-9-4-5-11-20-17/h4-9,11-12,14H,3,10,13H2,1-2H3,(H,21,24)(H2,22,23,25)/t14-/m1/s1. The lowest BCUT2D eigenvalue weighted by molar-refractivity contribution is -0.122. The van der Waals surface area contributed by atoms with Gasteiger partial charge in [0, 0.05) is 24.2 Å². The first-order valence-electron chi connectivity index (χ1n) is 8.56. The van der Waals surface area contributed by atoms with Crippen LogP contribution in [0.2, 0.25) is 0 Å². The van der Waals surface area contributed by atoms with Gasteiger partial charge in [0.2, 0.25) is 5.91 Å². The van der Waals surface area contributed by atoms with Crippen molar-refractivity contribution >= 4 is 29.4 Å². The molecule has 1 aromatic carbocycles. The molecule has 0 saturated heterocycles. The quantitative estimate of drug-likeness (QED) is 0.620. The van der Waals surface area contributed by atoms with E-state index in [9.17, 15) is 9.59 Å².